The smallest absolute Gasteiger partial charge is 0.306 e. The molecule has 2 heterocycles. The Labute approximate surface area is 138 Å². The minimum atomic E-state index is -3.74. The van der Waals surface area contributed by atoms with E-state index in [-0.39, 0.29) is 23.8 Å². The summed E-state index contributed by atoms with van der Waals surface area (Å²) in [7, 11) is -3.74. The van der Waals surface area contributed by atoms with Gasteiger partial charge in [0.25, 0.3) is 10.0 Å². The molecule has 0 bridgehead atoms. The van der Waals surface area contributed by atoms with Crippen molar-refractivity contribution < 1.29 is 27.9 Å². The Balaban J connectivity index is 1.98. The van der Waals surface area contributed by atoms with Crippen LogP contribution in [0.2, 0.25) is 0 Å². The molecule has 1 aliphatic rings. The van der Waals surface area contributed by atoms with E-state index in [1.165, 1.54) is 17.9 Å². The van der Waals surface area contributed by atoms with E-state index in [1.807, 2.05) is 0 Å². The normalized spacial score (nSPS) is 20.2. The largest absolute Gasteiger partial charge is 0.481 e. The maximum absolute atomic E-state index is 12.4. The lowest BCUT2D eigenvalue weighted by Crippen LogP contribution is -2.52. The molecule has 1 amide bonds. The Hall–Kier alpha value is -1.49. The van der Waals surface area contributed by atoms with Crippen LogP contribution in [0.3, 0.4) is 0 Å². The molecule has 128 valence electrons. The standard InChI is InChI=1S/C13H18N2O6S2/c1-9(14-23(19,20)12-3-2-6-22-12)13(18)15-4-5-21-10(8-15)7-11(16)17/h2-3,6,9-10,14H,4-5,7-8H2,1H3,(H,16,17). The number of hydrogen-bond donors (Lipinski definition) is 2. The van der Waals surface area contributed by atoms with Crippen molar-refractivity contribution in [2.24, 2.45) is 0 Å². The van der Waals surface area contributed by atoms with Gasteiger partial charge in [-0.3, -0.25) is 9.59 Å². The van der Waals surface area contributed by atoms with E-state index in [1.54, 1.807) is 11.4 Å². The number of hydrogen-bond acceptors (Lipinski definition) is 6. The molecule has 10 heteroatoms. The van der Waals surface area contributed by atoms with E-state index in [0.717, 1.165) is 11.3 Å². The zero-order chi connectivity index (χ0) is 17.0. The Kier molecular flexibility index (Phi) is 5.74. The minimum absolute atomic E-state index is 0.135. The first-order chi connectivity index (χ1) is 10.8. The lowest BCUT2D eigenvalue weighted by Gasteiger charge is -2.33. The number of amides is 1. The molecule has 1 saturated heterocycles. The first-order valence-corrected chi connectivity index (χ1v) is 9.34. The van der Waals surface area contributed by atoms with Gasteiger partial charge in [0.2, 0.25) is 5.91 Å². The van der Waals surface area contributed by atoms with E-state index in [2.05, 4.69) is 4.72 Å². The van der Waals surface area contributed by atoms with Crippen LogP contribution in [0.5, 0.6) is 0 Å². The first-order valence-electron chi connectivity index (χ1n) is 6.97. The number of thiophene rings is 1. The SMILES string of the molecule is CC(NS(=O)(=O)c1cccs1)C(=O)N1CCOC(CC(=O)O)C1. The van der Waals surface area contributed by atoms with Crippen LogP contribution >= 0.6 is 11.3 Å². The molecule has 2 unspecified atom stereocenters. The van der Waals surface area contributed by atoms with Crippen molar-refractivity contribution in [1.29, 1.82) is 0 Å². The maximum Gasteiger partial charge on any atom is 0.306 e. The topological polar surface area (TPSA) is 113 Å². The fourth-order valence-corrected chi connectivity index (χ4v) is 4.48. The molecule has 1 aliphatic heterocycles. The zero-order valence-corrected chi connectivity index (χ0v) is 14.1. The number of aliphatic carboxylic acids is 1. The van der Waals surface area contributed by atoms with E-state index >= 15 is 0 Å². The molecule has 0 spiro atoms. The molecule has 0 aromatic carbocycles. The molecule has 2 rings (SSSR count). The van der Waals surface area contributed by atoms with Crippen LogP contribution in [0.25, 0.3) is 0 Å². The van der Waals surface area contributed by atoms with Gasteiger partial charge in [0, 0.05) is 13.1 Å². The van der Waals surface area contributed by atoms with Crippen molar-refractivity contribution in [2.45, 2.75) is 29.7 Å². The highest BCUT2D eigenvalue weighted by molar-refractivity contribution is 7.91. The summed E-state index contributed by atoms with van der Waals surface area (Å²) in [4.78, 5) is 24.5. The molecule has 2 N–H and O–H groups in total. The predicted molar refractivity (Wildman–Crippen MR) is 82.7 cm³/mol. The van der Waals surface area contributed by atoms with Gasteiger partial charge in [-0.1, -0.05) is 6.07 Å². The molecule has 1 fully saturated rings. The Morgan fingerprint density at radius 1 is 1.57 bits per heavy atom. The van der Waals surface area contributed by atoms with Gasteiger partial charge in [0.05, 0.1) is 25.2 Å². The van der Waals surface area contributed by atoms with Crippen LogP contribution in [0.15, 0.2) is 21.7 Å². The Morgan fingerprint density at radius 2 is 2.30 bits per heavy atom. The van der Waals surface area contributed by atoms with E-state index < -0.39 is 34.0 Å². The fourth-order valence-electron chi connectivity index (χ4n) is 2.27. The third-order valence-corrected chi connectivity index (χ3v) is 6.25. The van der Waals surface area contributed by atoms with Crippen LogP contribution in [0.4, 0.5) is 0 Å². The second kappa shape index (κ2) is 7.39. The first kappa shape index (κ1) is 17.9. The van der Waals surface area contributed by atoms with Gasteiger partial charge < -0.3 is 14.7 Å². The Morgan fingerprint density at radius 3 is 2.91 bits per heavy atom. The van der Waals surface area contributed by atoms with Gasteiger partial charge in [0.15, 0.2) is 0 Å². The van der Waals surface area contributed by atoms with Crippen molar-refractivity contribution in [3.8, 4) is 0 Å². The van der Waals surface area contributed by atoms with Gasteiger partial charge in [-0.15, -0.1) is 11.3 Å². The highest BCUT2D eigenvalue weighted by atomic mass is 32.2. The number of carbonyl (C=O) groups is 2. The molecule has 0 radical (unpaired) electrons. The van der Waals surface area contributed by atoms with Crippen LogP contribution in [-0.2, 0) is 24.3 Å². The highest BCUT2D eigenvalue weighted by Crippen LogP contribution is 2.16. The summed E-state index contributed by atoms with van der Waals surface area (Å²) in [6.45, 7) is 2.14. The number of nitrogens with zero attached hydrogens (tertiary/aromatic N) is 1. The third-order valence-electron chi connectivity index (χ3n) is 3.32. The molecule has 1 aromatic rings. The van der Waals surface area contributed by atoms with Crippen LogP contribution in [0, 0.1) is 0 Å². The number of ether oxygens (including phenoxy) is 1. The predicted octanol–water partition coefficient (Wildman–Crippen LogP) is 0.117. The van der Waals surface area contributed by atoms with Crippen molar-refractivity contribution in [3.63, 3.8) is 0 Å². The van der Waals surface area contributed by atoms with Crippen LogP contribution in [-0.4, -0.2) is 62.1 Å². The number of carbonyl (C=O) groups excluding carboxylic acids is 1. The fraction of sp³-hybridized carbons (Fsp3) is 0.538. The summed E-state index contributed by atoms with van der Waals surface area (Å²) in [5, 5.41) is 10.4. The van der Waals surface area contributed by atoms with Crippen molar-refractivity contribution >= 4 is 33.2 Å². The second-order valence-corrected chi connectivity index (χ2v) is 8.04. The molecule has 8 nitrogen and oxygen atoms in total. The molecule has 1 aromatic heterocycles. The monoisotopic (exact) mass is 362 g/mol. The molecular weight excluding hydrogens is 344 g/mol. The van der Waals surface area contributed by atoms with Crippen molar-refractivity contribution in [3.05, 3.63) is 17.5 Å². The average Bonchev–Trinajstić information content (AvgIpc) is 3.00. The van der Waals surface area contributed by atoms with E-state index in [9.17, 15) is 18.0 Å². The summed E-state index contributed by atoms with van der Waals surface area (Å²) >= 11 is 1.07. The summed E-state index contributed by atoms with van der Waals surface area (Å²) in [6.07, 6.45) is -0.773. The number of carboxylic acid groups (broad SMARTS) is 1. The Bertz CT molecular complexity index is 658. The van der Waals surface area contributed by atoms with E-state index in [0.29, 0.717) is 6.54 Å². The zero-order valence-electron chi connectivity index (χ0n) is 12.5. The second-order valence-electron chi connectivity index (χ2n) is 5.15. The maximum atomic E-state index is 12.4. The number of rotatable bonds is 6. The molecule has 0 aliphatic carbocycles. The number of sulfonamides is 1. The van der Waals surface area contributed by atoms with Crippen LogP contribution in [0.1, 0.15) is 13.3 Å². The molecular formula is C13H18N2O6S2. The molecule has 0 saturated carbocycles. The summed E-state index contributed by atoms with van der Waals surface area (Å²) in [6, 6.07) is 2.14. The molecule has 2 atom stereocenters. The molecule has 23 heavy (non-hydrogen) atoms. The van der Waals surface area contributed by atoms with Gasteiger partial charge >= 0.3 is 5.97 Å². The number of carboxylic acids is 1. The quantitative estimate of drug-likeness (QED) is 0.743. The van der Waals surface area contributed by atoms with E-state index in [4.69, 9.17) is 9.84 Å². The van der Waals surface area contributed by atoms with Crippen molar-refractivity contribution in [2.75, 3.05) is 19.7 Å². The van der Waals surface area contributed by atoms with Gasteiger partial charge in [0.1, 0.15) is 4.21 Å². The van der Waals surface area contributed by atoms with Gasteiger partial charge in [-0.05, 0) is 18.4 Å². The lowest BCUT2D eigenvalue weighted by molar-refractivity contribution is -0.148. The van der Waals surface area contributed by atoms with Gasteiger partial charge in [-0.2, -0.15) is 4.72 Å². The number of nitrogens with one attached hydrogen (secondary N) is 1. The summed E-state index contributed by atoms with van der Waals surface area (Å²) in [5.41, 5.74) is 0. The van der Waals surface area contributed by atoms with Gasteiger partial charge in [-0.25, -0.2) is 8.42 Å². The lowest BCUT2D eigenvalue weighted by atomic mass is 10.2. The third kappa shape index (κ3) is 4.74. The summed E-state index contributed by atoms with van der Waals surface area (Å²) in [5.74, 6) is -1.40. The van der Waals surface area contributed by atoms with Crippen LogP contribution < -0.4 is 4.72 Å². The highest BCUT2D eigenvalue weighted by Gasteiger charge is 2.30. The average molecular weight is 362 g/mol. The minimum Gasteiger partial charge on any atom is -0.481 e. The number of morpholine rings is 1. The van der Waals surface area contributed by atoms with Crippen molar-refractivity contribution in [1.82, 2.24) is 9.62 Å². The summed E-state index contributed by atoms with van der Waals surface area (Å²) < 4.78 is 32.0.